The molecule has 0 aromatic rings. The second kappa shape index (κ2) is 7.85. The van der Waals surface area contributed by atoms with Crippen LogP contribution in [0.5, 0.6) is 0 Å². The number of carbonyl (C=O) groups is 1. The van der Waals surface area contributed by atoms with Crippen molar-refractivity contribution in [1.29, 1.82) is 0 Å². The number of esters is 1. The number of rotatable bonds is 7. The highest BCUT2D eigenvalue weighted by Crippen LogP contribution is 2.27. The van der Waals surface area contributed by atoms with Gasteiger partial charge >= 0.3 is 14.2 Å². The standard InChI is InChI=1S/C9H19O5P/c1-4-7(5-2)8(14-15(11)12)9(10)13-6-3/h7-8,15H,4-6H2,1-3H3,(H,11,12). The van der Waals surface area contributed by atoms with Crippen molar-refractivity contribution in [3.8, 4) is 0 Å². The van der Waals surface area contributed by atoms with Gasteiger partial charge in [-0.25, -0.2) is 4.79 Å². The molecule has 0 spiro atoms. The van der Waals surface area contributed by atoms with Gasteiger partial charge in [0, 0.05) is 0 Å². The van der Waals surface area contributed by atoms with Gasteiger partial charge in [-0.05, 0) is 12.8 Å². The van der Waals surface area contributed by atoms with Crippen molar-refractivity contribution in [1.82, 2.24) is 0 Å². The van der Waals surface area contributed by atoms with Gasteiger partial charge in [0.15, 0.2) is 6.10 Å². The summed E-state index contributed by atoms with van der Waals surface area (Å²) in [5.74, 6) is -0.635. The Morgan fingerprint density at radius 1 is 1.33 bits per heavy atom. The van der Waals surface area contributed by atoms with Crippen molar-refractivity contribution >= 4 is 14.2 Å². The van der Waals surface area contributed by atoms with E-state index in [1.807, 2.05) is 13.8 Å². The Balaban J connectivity index is 4.54. The molecule has 0 saturated carbocycles. The molecule has 0 saturated heterocycles. The van der Waals surface area contributed by atoms with Gasteiger partial charge in [0.05, 0.1) is 6.61 Å². The molecule has 0 aliphatic carbocycles. The van der Waals surface area contributed by atoms with Crippen molar-refractivity contribution in [3.63, 3.8) is 0 Å². The third-order valence-corrected chi connectivity index (χ3v) is 2.68. The van der Waals surface area contributed by atoms with Crippen LogP contribution in [0.2, 0.25) is 0 Å². The molecule has 5 nitrogen and oxygen atoms in total. The average molecular weight is 238 g/mol. The Morgan fingerprint density at radius 2 is 1.87 bits per heavy atom. The van der Waals surface area contributed by atoms with E-state index < -0.39 is 20.3 Å². The SMILES string of the molecule is CCOC(=O)C(O[PH](=O)O)C(CC)CC. The Bertz CT molecular complexity index is 215. The monoisotopic (exact) mass is 238 g/mol. The maximum Gasteiger partial charge on any atom is 0.336 e. The molecule has 0 amide bonds. The van der Waals surface area contributed by atoms with E-state index in [2.05, 4.69) is 0 Å². The normalized spacial score (nSPS) is 15.0. The number of hydrogen-bond donors (Lipinski definition) is 1. The maximum absolute atomic E-state index is 11.5. The van der Waals surface area contributed by atoms with Crippen LogP contribution in [0.25, 0.3) is 0 Å². The van der Waals surface area contributed by atoms with E-state index in [4.69, 9.17) is 14.2 Å². The lowest BCUT2D eigenvalue weighted by Crippen LogP contribution is -2.32. The van der Waals surface area contributed by atoms with Crippen LogP contribution in [-0.4, -0.2) is 23.6 Å². The Hall–Kier alpha value is -0.380. The lowest BCUT2D eigenvalue weighted by atomic mass is 9.97. The van der Waals surface area contributed by atoms with E-state index in [-0.39, 0.29) is 12.5 Å². The minimum Gasteiger partial charge on any atom is -0.464 e. The predicted molar refractivity (Wildman–Crippen MR) is 56.8 cm³/mol. The zero-order valence-corrected chi connectivity index (χ0v) is 10.4. The summed E-state index contributed by atoms with van der Waals surface area (Å²) >= 11 is 0. The largest absolute Gasteiger partial charge is 0.464 e. The van der Waals surface area contributed by atoms with Gasteiger partial charge in [-0.2, -0.15) is 0 Å². The molecule has 90 valence electrons. The van der Waals surface area contributed by atoms with Crippen LogP contribution in [0.15, 0.2) is 0 Å². The zero-order chi connectivity index (χ0) is 11.8. The van der Waals surface area contributed by atoms with E-state index in [1.165, 1.54) is 0 Å². The summed E-state index contributed by atoms with van der Waals surface area (Å²) in [6, 6.07) is 0. The molecule has 0 aliphatic rings. The van der Waals surface area contributed by atoms with E-state index >= 15 is 0 Å². The van der Waals surface area contributed by atoms with Crippen LogP contribution in [-0.2, 0) is 18.6 Å². The van der Waals surface area contributed by atoms with E-state index in [1.54, 1.807) is 6.92 Å². The molecule has 6 heteroatoms. The van der Waals surface area contributed by atoms with Gasteiger partial charge in [-0.1, -0.05) is 26.7 Å². The third kappa shape index (κ3) is 5.30. The first-order chi connectivity index (χ1) is 7.06. The first-order valence-electron chi connectivity index (χ1n) is 5.12. The van der Waals surface area contributed by atoms with Gasteiger partial charge in [0.1, 0.15) is 0 Å². The highest BCUT2D eigenvalue weighted by atomic mass is 31.1. The topological polar surface area (TPSA) is 72.8 Å². The second-order valence-electron chi connectivity index (χ2n) is 3.13. The van der Waals surface area contributed by atoms with Crippen LogP contribution in [0.3, 0.4) is 0 Å². The quantitative estimate of drug-likeness (QED) is 0.540. The maximum atomic E-state index is 11.5. The zero-order valence-electron chi connectivity index (χ0n) is 9.36. The summed E-state index contributed by atoms with van der Waals surface area (Å²) in [6.45, 7) is 5.73. The van der Waals surface area contributed by atoms with Crippen molar-refractivity contribution in [2.75, 3.05) is 6.61 Å². The molecule has 0 heterocycles. The van der Waals surface area contributed by atoms with Crippen molar-refractivity contribution in [3.05, 3.63) is 0 Å². The molecule has 0 fully saturated rings. The van der Waals surface area contributed by atoms with Crippen LogP contribution >= 0.6 is 8.25 Å². The number of carbonyl (C=O) groups excluding carboxylic acids is 1. The minimum atomic E-state index is -3.11. The summed E-state index contributed by atoms with van der Waals surface area (Å²) in [5, 5.41) is 0. The first kappa shape index (κ1) is 14.6. The van der Waals surface area contributed by atoms with Gasteiger partial charge in [-0.15, -0.1) is 0 Å². The van der Waals surface area contributed by atoms with Gasteiger partial charge in [-0.3, -0.25) is 9.09 Å². The van der Waals surface area contributed by atoms with Crippen LogP contribution < -0.4 is 0 Å². The summed E-state index contributed by atoms with van der Waals surface area (Å²) in [7, 11) is -3.11. The lowest BCUT2D eigenvalue weighted by molar-refractivity contribution is -0.154. The molecule has 1 N–H and O–H groups in total. The van der Waals surface area contributed by atoms with Crippen LogP contribution in [0, 0.1) is 5.92 Å². The second-order valence-corrected chi connectivity index (χ2v) is 3.90. The Labute approximate surface area is 90.7 Å². The number of ether oxygens (including phenoxy) is 1. The first-order valence-corrected chi connectivity index (χ1v) is 6.39. The Morgan fingerprint density at radius 3 is 2.20 bits per heavy atom. The molecule has 2 atom stereocenters. The van der Waals surface area contributed by atoms with E-state index in [0.717, 1.165) is 0 Å². The molecule has 2 unspecified atom stereocenters. The smallest absolute Gasteiger partial charge is 0.336 e. The molecule has 0 radical (unpaired) electrons. The van der Waals surface area contributed by atoms with Gasteiger partial charge in [0.25, 0.3) is 0 Å². The molecular weight excluding hydrogens is 219 g/mol. The summed E-state index contributed by atoms with van der Waals surface area (Å²) < 4.78 is 20.1. The molecule has 0 rings (SSSR count). The van der Waals surface area contributed by atoms with E-state index in [0.29, 0.717) is 12.8 Å². The minimum absolute atomic E-state index is 0.0786. The molecule has 0 aromatic heterocycles. The van der Waals surface area contributed by atoms with Crippen molar-refractivity contribution in [2.45, 2.75) is 39.7 Å². The summed E-state index contributed by atoms with van der Waals surface area (Å²) in [5.41, 5.74) is 0. The Kier molecular flexibility index (Phi) is 7.65. The highest BCUT2D eigenvalue weighted by Gasteiger charge is 2.29. The molecule has 0 aliphatic heterocycles. The molecular formula is C9H19O5P. The fourth-order valence-corrected chi connectivity index (χ4v) is 1.89. The lowest BCUT2D eigenvalue weighted by Gasteiger charge is -2.22. The highest BCUT2D eigenvalue weighted by molar-refractivity contribution is 7.32. The van der Waals surface area contributed by atoms with Gasteiger partial charge < -0.3 is 9.63 Å². The van der Waals surface area contributed by atoms with Crippen LogP contribution in [0.4, 0.5) is 0 Å². The van der Waals surface area contributed by atoms with Crippen molar-refractivity contribution < 1.29 is 23.5 Å². The third-order valence-electron chi connectivity index (χ3n) is 2.22. The van der Waals surface area contributed by atoms with E-state index in [9.17, 15) is 9.36 Å². The number of hydrogen-bond acceptors (Lipinski definition) is 4. The summed E-state index contributed by atoms with van der Waals surface area (Å²) in [4.78, 5) is 20.2. The fourth-order valence-electron chi connectivity index (χ4n) is 1.39. The fraction of sp³-hybridized carbons (Fsp3) is 0.889. The molecule has 0 aromatic carbocycles. The van der Waals surface area contributed by atoms with Gasteiger partial charge in [0.2, 0.25) is 0 Å². The van der Waals surface area contributed by atoms with Crippen molar-refractivity contribution in [2.24, 2.45) is 5.92 Å². The predicted octanol–water partition coefficient (Wildman–Crippen LogP) is 1.75. The molecule has 15 heavy (non-hydrogen) atoms. The molecule has 0 bridgehead atoms. The van der Waals surface area contributed by atoms with Crippen LogP contribution in [0.1, 0.15) is 33.6 Å². The average Bonchev–Trinajstić information content (AvgIpc) is 2.18. The summed E-state index contributed by atoms with van der Waals surface area (Å²) in [6.07, 6.45) is 0.487.